The summed E-state index contributed by atoms with van der Waals surface area (Å²) in [5.74, 6) is 0.325. The lowest BCUT2D eigenvalue weighted by atomic mass is 10.3. The zero-order valence-corrected chi connectivity index (χ0v) is 9.53. The van der Waals surface area contributed by atoms with E-state index in [-0.39, 0.29) is 19.0 Å². The smallest absolute Gasteiger partial charge is 0.308 e. The van der Waals surface area contributed by atoms with Gasteiger partial charge in [0.25, 0.3) is 0 Å². The molecule has 0 aromatic carbocycles. The molecule has 0 aliphatic rings. The van der Waals surface area contributed by atoms with Gasteiger partial charge in [-0.1, -0.05) is 0 Å². The largest absolute Gasteiger partial charge is 0.491 e. The summed E-state index contributed by atoms with van der Waals surface area (Å²) < 4.78 is 9.92. The zero-order chi connectivity index (χ0) is 12.0. The lowest BCUT2D eigenvalue weighted by molar-refractivity contribution is -0.141. The molecule has 0 radical (unpaired) electrons. The molecule has 0 fully saturated rings. The quantitative estimate of drug-likeness (QED) is 0.748. The molecule has 2 N–H and O–H groups in total. The molecule has 0 amide bonds. The molecule has 0 atom stereocenters. The number of methoxy groups -OCH3 is 1. The Labute approximate surface area is 94.6 Å². The third-order valence-corrected chi connectivity index (χ3v) is 2.06. The van der Waals surface area contributed by atoms with E-state index in [9.17, 15) is 4.79 Å². The minimum atomic E-state index is -0.297. The summed E-state index contributed by atoms with van der Waals surface area (Å²) in [5, 5.41) is 0. The Balaban J connectivity index is 2.56. The molecule has 0 bridgehead atoms. The Morgan fingerprint density at radius 1 is 1.50 bits per heavy atom. The molecule has 0 saturated heterocycles. The second kappa shape index (κ2) is 6.07. The Bertz CT molecular complexity index is 366. The summed E-state index contributed by atoms with van der Waals surface area (Å²) in [4.78, 5) is 15.1. The van der Waals surface area contributed by atoms with Gasteiger partial charge >= 0.3 is 5.97 Å². The molecule has 0 spiro atoms. The Kier molecular flexibility index (Phi) is 4.72. The van der Waals surface area contributed by atoms with E-state index < -0.39 is 0 Å². The van der Waals surface area contributed by atoms with Crippen molar-refractivity contribution < 1.29 is 14.3 Å². The van der Waals surface area contributed by atoms with Gasteiger partial charge in [-0.15, -0.1) is 0 Å². The topological polar surface area (TPSA) is 74.4 Å². The van der Waals surface area contributed by atoms with Gasteiger partial charge in [-0.05, 0) is 19.1 Å². The summed E-state index contributed by atoms with van der Waals surface area (Å²) in [7, 11) is 1.35. The molecule has 1 aromatic heterocycles. The van der Waals surface area contributed by atoms with E-state index in [2.05, 4.69) is 9.72 Å². The zero-order valence-electron chi connectivity index (χ0n) is 9.53. The highest BCUT2D eigenvalue weighted by molar-refractivity contribution is 5.69. The van der Waals surface area contributed by atoms with Gasteiger partial charge in [-0.2, -0.15) is 0 Å². The standard InChI is InChI=1S/C11H16N2O3/c1-8-3-4-10(9(7-12)13-8)16-6-5-11(14)15-2/h3-4H,5-7,12H2,1-2H3. The van der Waals surface area contributed by atoms with Crippen LogP contribution >= 0.6 is 0 Å². The van der Waals surface area contributed by atoms with Crippen LogP contribution in [0, 0.1) is 6.92 Å². The first kappa shape index (κ1) is 12.4. The fourth-order valence-electron chi connectivity index (χ4n) is 1.22. The van der Waals surface area contributed by atoms with E-state index in [0.717, 1.165) is 5.69 Å². The molecule has 0 aliphatic carbocycles. The monoisotopic (exact) mass is 224 g/mol. The van der Waals surface area contributed by atoms with E-state index in [1.807, 2.05) is 19.1 Å². The highest BCUT2D eigenvalue weighted by Crippen LogP contribution is 2.16. The van der Waals surface area contributed by atoms with Crippen LogP contribution in [-0.4, -0.2) is 24.7 Å². The normalized spacial score (nSPS) is 9.94. The van der Waals surface area contributed by atoms with Crippen molar-refractivity contribution in [3.05, 3.63) is 23.5 Å². The van der Waals surface area contributed by atoms with Crippen LogP contribution in [0.15, 0.2) is 12.1 Å². The molecule has 88 valence electrons. The molecule has 1 heterocycles. The Morgan fingerprint density at radius 3 is 2.88 bits per heavy atom. The lowest BCUT2D eigenvalue weighted by Crippen LogP contribution is -2.10. The maximum atomic E-state index is 10.9. The second-order valence-corrected chi connectivity index (χ2v) is 3.28. The third kappa shape index (κ3) is 3.51. The molecule has 0 aliphatic heterocycles. The number of esters is 1. The highest BCUT2D eigenvalue weighted by Gasteiger charge is 2.06. The van der Waals surface area contributed by atoms with E-state index in [1.54, 1.807) is 0 Å². The van der Waals surface area contributed by atoms with Crippen LogP contribution < -0.4 is 10.5 Å². The fraction of sp³-hybridized carbons (Fsp3) is 0.455. The number of aromatic nitrogens is 1. The van der Waals surface area contributed by atoms with E-state index in [1.165, 1.54) is 7.11 Å². The van der Waals surface area contributed by atoms with Gasteiger partial charge in [0.15, 0.2) is 0 Å². The van der Waals surface area contributed by atoms with Crippen molar-refractivity contribution in [3.63, 3.8) is 0 Å². The summed E-state index contributed by atoms with van der Waals surface area (Å²) >= 11 is 0. The molecular weight excluding hydrogens is 208 g/mol. The highest BCUT2D eigenvalue weighted by atomic mass is 16.5. The first-order valence-corrected chi connectivity index (χ1v) is 5.03. The molecule has 1 aromatic rings. The second-order valence-electron chi connectivity index (χ2n) is 3.28. The predicted molar refractivity (Wildman–Crippen MR) is 59.0 cm³/mol. The van der Waals surface area contributed by atoms with Crippen LogP contribution in [0.4, 0.5) is 0 Å². The van der Waals surface area contributed by atoms with Crippen LogP contribution in [-0.2, 0) is 16.1 Å². The van der Waals surface area contributed by atoms with Gasteiger partial charge in [-0.25, -0.2) is 0 Å². The number of nitrogens with zero attached hydrogens (tertiary/aromatic N) is 1. The average molecular weight is 224 g/mol. The van der Waals surface area contributed by atoms with E-state index in [4.69, 9.17) is 10.5 Å². The fourth-order valence-corrected chi connectivity index (χ4v) is 1.22. The minimum absolute atomic E-state index is 0.217. The molecule has 1 rings (SSSR count). The average Bonchev–Trinajstić information content (AvgIpc) is 2.30. The van der Waals surface area contributed by atoms with Crippen molar-refractivity contribution in [1.82, 2.24) is 4.98 Å². The van der Waals surface area contributed by atoms with Crippen molar-refractivity contribution >= 4 is 5.97 Å². The number of aryl methyl sites for hydroxylation is 1. The van der Waals surface area contributed by atoms with Gasteiger partial charge in [0, 0.05) is 12.2 Å². The molecule has 5 nitrogen and oxygen atoms in total. The van der Waals surface area contributed by atoms with Crippen molar-refractivity contribution in [2.45, 2.75) is 19.9 Å². The third-order valence-electron chi connectivity index (χ3n) is 2.06. The van der Waals surface area contributed by atoms with Crippen molar-refractivity contribution in [2.24, 2.45) is 5.73 Å². The Morgan fingerprint density at radius 2 is 2.25 bits per heavy atom. The number of nitrogens with two attached hydrogens (primary N) is 1. The van der Waals surface area contributed by atoms with Gasteiger partial charge in [-0.3, -0.25) is 9.78 Å². The maximum absolute atomic E-state index is 10.9. The van der Waals surface area contributed by atoms with Crippen LogP contribution in [0.2, 0.25) is 0 Å². The van der Waals surface area contributed by atoms with Gasteiger partial charge < -0.3 is 15.2 Å². The van der Waals surface area contributed by atoms with Crippen LogP contribution in [0.3, 0.4) is 0 Å². The molecule has 5 heteroatoms. The first-order chi connectivity index (χ1) is 7.67. The van der Waals surface area contributed by atoms with Crippen molar-refractivity contribution in [3.8, 4) is 5.75 Å². The van der Waals surface area contributed by atoms with E-state index in [0.29, 0.717) is 18.0 Å². The van der Waals surface area contributed by atoms with E-state index >= 15 is 0 Å². The number of hydrogen-bond donors (Lipinski definition) is 1. The predicted octanol–water partition coefficient (Wildman–Crippen LogP) is 0.791. The number of hydrogen-bond acceptors (Lipinski definition) is 5. The summed E-state index contributed by atoms with van der Waals surface area (Å²) in [5.41, 5.74) is 7.13. The van der Waals surface area contributed by atoms with Gasteiger partial charge in [0.2, 0.25) is 0 Å². The number of ether oxygens (including phenoxy) is 2. The summed E-state index contributed by atoms with van der Waals surface area (Å²) in [6, 6.07) is 3.65. The number of carbonyl (C=O) groups is 1. The maximum Gasteiger partial charge on any atom is 0.308 e. The van der Waals surface area contributed by atoms with Crippen LogP contribution in [0.5, 0.6) is 5.75 Å². The summed E-state index contributed by atoms with van der Waals surface area (Å²) in [6.45, 7) is 2.47. The lowest BCUT2D eigenvalue weighted by Gasteiger charge is -2.09. The van der Waals surface area contributed by atoms with Crippen molar-refractivity contribution in [1.29, 1.82) is 0 Å². The first-order valence-electron chi connectivity index (χ1n) is 5.03. The number of carbonyl (C=O) groups excluding carboxylic acids is 1. The SMILES string of the molecule is COC(=O)CCOc1ccc(C)nc1CN. The molecular formula is C11H16N2O3. The van der Waals surface area contributed by atoms with Crippen LogP contribution in [0.1, 0.15) is 17.8 Å². The van der Waals surface area contributed by atoms with Gasteiger partial charge in [0.1, 0.15) is 5.75 Å². The number of pyridine rings is 1. The summed E-state index contributed by atoms with van der Waals surface area (Å²) in [6.07, 6.45) is 0.217. The minimum Gasteiger partial charge on any atom is -0.491 e. The van der Waals surface area contributed by atoms with Crippen LogP contribution in [0.25, 0.3) is 0 Å². The Hall–Kier alpha value is -1.62. The molecule has 0 unspecified atom stereocenters. The van der Waals surface area contributed by atoms with Gasteiger partial charge in [0.05, 0.1) is 25.8 Å². The number of rotatable bonds is 5. The molecule has 0 saturated carbocycles. The molecule has 16 heavy (non-hydrogen) atoms. The van der Waals surface area contributed by atoms with Crippen molar-refractivity contribution in [2.75, 3.05) is 13.7 Å².